The number of hydrogen-bond donors (Lipinski definition) is 2. The first kappa shape index (κ1) is 32.1. The number of para-hydroxylation sites is 1. The van der Waals surface area contributed by atoms with Gasteiger partial charge in [-0.3, -0.25) is 4.90 Å². The predicted molar refractivity (Wildman–Crippen MR) is 183 cm³/mol. The van der Waals surface area contributed by atoms with E-state index in [9.17, 15) is 9.90 Å². The largest absolute Gasteiger partial charge is 0.489 e. The van der Waals surface area contributed by atoms with E-state index in [4.69, 9.17) is 4.74 Å². The molecule has 47 heavy (non-hydrogen) atoms. The number of aromatic nitrogens is 4. The average Bonchev–Trinajstić information content (AvgIpc) is 3.64. The van der Waals surface area contributed by atoms with E-state index in [0.29, 0.717) is 12.2 Å². The molecule has 4 aromatic carbocycles. The SMILES string of the molecule is O=C(O)c1ccc2c(c1)CCCC2N(CCCCc1nnn[nH]1)CCc1ccccc1OCc1ccc(CCc2ccccc2)cc1. The third-order valence-electron chi connectivity index (χ3n) is 9.21. The van der Waals surface area contributed by atoms with Gasteiger partial charge in [0.25, 0.3) is 0 Å². The maximum atomic E-state index is 11.7. The summed E-state index contributed by atoms with van der Waals surface area (Å²) in [6, 6.07) is 33.7. The monoisotopic (exact) mass is 629 g/mol. The summed E-state index contributed by atoms with van der Waals surface area (Å²) in [5.41, 5.74) is 7.84. The third kappa shape index (κ3) is 8.92. The first-order valence-corrected chi connectivity index (χ1v) is 16.8. The number of nitrogens with zero attached hydrogens (tertiary/aromatic N) is 4. The molecular formula is C39H43N5O3. The summed E-state index contributed by atoms with van der Waals surface area (Å²) in [7, 11) is 0. The molecule has 0 amide bonds. The van der Waals surface area contributed by atoms with Gasteiger partial charge in [0.1, 0.15) is 18.2 Å². The molecule has 0 aliphatic heterocycles. The van der Waals surface area contributed by atoms with E-state index in [2.05, 4.69) is 98.3 Å². The zero-order valence-corrected chi connectivity index (χ0v) is 26.9. The van der Waals surface area contributed by atoms with Gasteiger partial charge in [0.15, 0.2) is 0 Å². The van der Waals surface area contributed by atoms with Crippen LogP contribution in [0.25, 0.3) is 0 Å². The number of hydrogen-bond acceptors (Lipinski definition) is 6. The van der Waals surface area contributed by atoms with Crippen LogP contribution in [-0.4, -0.2) is 49.7 Å². The lowest BCUT2D eigenvalue weighted by molar-refractivity contribution is 0.0696. The van der Waals surface area contributed by atoms with Gasteiger partial charge in [-0.1, -0.05) is 78.9 Å². The van der Waals surface area contributed by atoms with Gasteiger partial charge < -0.3 is 9.84 Å². The van der Waals surface area contributed by atoms with Crippen LogP contribution in [0.3, 0.4) is 0 Å². The number of rotatable bonds is 16. The molecule has 1 aromatic heterocycles. The van der Waals surface area contributed by atoms with Gasteiger partial charge in [0.05, 0.1) is 5.56 Å². The number of aromatic carboxylic acids is 1. The topological polar surface area (TPSA) is 104 Å². The molecule has 1 heterocycles. The number of carbonyl (C=O) groups is 1. The molecule has 8 nitrogen and oxygen atoms in total. The minimum atomic E-state index is -0.871. The fourth-order valence-electron chi connectivity index (χ4n) is 6.63. The molecule has 8 heteroatoms. The molecule has 0 bridgehead atoms. The number of tetrazole rings is 1. The number of carboxylic acid groups (broad SMARTS) is 1. The summed E-state index contributed by atoms with van der Waals surface area (Å²) in [4.78, 5) is 14.2. The highest BCUT2D eigenvalue weighted by Crippen LogP contribution is 2.35. The zero-order chi connectivity index (χ0) is 32.3. The maximum absolute atomic E-state index is 11.7. The fraction of sp³-hybridized carbons (Fsp3) is 0.333. The summed E-state index contributed by atoms with van der Waals surface area (Å²) in [6.45, 7) is 2.34. The average molecular weight is 630 g/mol. The minimum absolute atomic E-state index is 0.252. The van der Waals surface area contributed by atoms with E-state index < -0.39 is 5.97 Å². The van der Waals surface area contributed by atoms with Crippen LogP contribution in [0.1, 0.15) is 81.3 Å². The van der Waals surface area contributed by atoms with Gasteiger partial charge in [-0.15, -0.1) is 5.10 Å². The second-order valence-corrected chi connectivity index (χ2v) is 12.4. The van der Waals surface area contributed by atoms with E-state index in [1.807, 2.05) is 18.2 Å². The molecule has 242 valence electrons. The lowest BCUT2D eigenvalue weighted by Crippen LogP contribution is -2.34. The van der Waals surface area contributed by atoms with Crippen LogP contribution in [0, 0.1) is 0 Å². The summed E-state index contributed by atoms with van der Waals surface area (Å²) in [6.07, 6.45) is 8.76. The number of benzene rings is 4. The molecule has 0 radical (unpaired) electrons. The Morgan fingerprint density at radius 3 is 2.38 bits per heavy atom. The number of aromatic amines is 1. The Bertz CT molecular complexity index is 1710. The second-order valence-electron chi connectivity index (χ2n) is 12.4. The van der Waals surface area contributed by atoms with Crippen molar-refractivity contribution >= 4 is 5.97 Å². The highest BCUT2D eigenvalue weighted by atomic mass is 16.5. The minimum Gasteiger partial charge on any atom is -0.489 e. The number of carboxylic acids is 1. The molecule has 1 atom stereocenters. The van der Waals surface area contributed by atoms with Gasteiger partial charge in [0.2, 0.25) is 0 Å². The number of unbranched alkanes of at least 4 members (excludes halogenated alkanes) is 1. The van der Waals surface area contributed by atoms with Crippen LogP contribution in [0.15, 0.2) is 97.1 Å². The van der Waals surface area contributed by atoms with Crippen LogP contribution in [0.4, 0.5) is 0 Å². The molecule has 5 aromatic rings. The first-order chi connectivity index (χ1) is 23.1. The van der Waals surface area contributed by atoms with E-state index >= 15 is 0 Å². The highest BCUT2D eigenvalue weighted by Gasteiger charge is 2.26. The summed E-state index contributed by atoms with van der Waals surface area (Å²) >= 11 is 0. The molecule has 0 fully saturated rings. The van der Waals surface area contributed by atoms with Crippen molar-refractivity contribution in [2.45, 2.75) is 70.4 Å². The van der Waals surface area contributed by atoms with Gasteiger partial charge >= 0.3 is 5.97 Å². The van der Waals surface area contributed by atoms with Crippen molar-refractivity contribution < 1.29 is 14.6 Å². The predicted octanol–water partition coefficient (Wildman–Crippen LogP) is 7.21. The number of H-pyrrole nitrogens is 1. The fourth-order valence-corrected chi connectivity index (χ4v) is 6.63. The first-order valence-electron chi connectivity index (χ1n) is 16.8. The van der Waals surface area contributed by atoms with E-state index in [1.165, 1.54) is 22.3 Å². The third-order valence-corrected chi connectivity index (χ3v) is 9.21. The van der Waals surface area contributed by atoms with Crippen molar-refractivity contribution in [3.8, 4) is 5.75 Å². The van der Waals surface area contributed by atoms with Crippen molar-refractivity contribution in [3.05, 3.63) is 142 Å². The van der Waals surface area contributed by atoms with Crippen molar-refractivity contribution in [2.75, 3.05) is 13.1 Å². The normalized spacial score (nSPS) is 14.2. The quantitative estimate of drug-likeness (QED) is 0.111. The van der Waals surface area contributed by atoms with Gasteiger partial charge in [0, 0.05) is 19.0 Å². The van der Waals surface area contributed by atoms with Crippen molar-refractivity contribution in [1.29, 1.82) is 0 Å². The maximum Gasteiger partial charge on any atom is 0.335 e. The summed E-state index contributed by atoms with van der Waals surface area (Å²) < 4.78 is 6.41. The van der Waals surface area contributed by atoms with Crippen molar-refractivity contribution in [3.63, 3.8) is 0 Å². The van der Waals surface area contributed by atoms with E-state index in [-0.39, 0.29) is 6.04 Å². The highest BCUT2D eigenvalue weighted by molar-refractivity contribution is 5.88. The van der Waals surface area contributed by atoms with Crippen LogP contribution in [0.5, 0.6) is 5.75 Å². The van der Waals surface area contributed by atoms with Gasteiger partial charge in [-0.05, 0) is 120 Å². The molecule has 6 rings (SSSR count). The Balaban J connectivity index is 1.09. The molecule has 1 aliphatic rings. The number of nitrogens with one attached hydrogen (secondary N) is 1. The lowest BCUT2D eigenvalue weighted by Gasteiger charge is -2.36. The van der Waals surface area contributed by atoms with Crippen molar-refractivity contribution in [1.82, 2.24) is 25.5 Å². The molecule has 0 spiro atoms. The standard InChI is InChI=1S/C39H43N5O3/c45-39(46)34-22-23-35-33(27-34)12-8-13-36(35)44(25-7-6-15-38-40-42-43-41-38)26-24-32-11-4-5-14-37(32)47-28-31-20-18-30(19-21-31)17-16-29-9-2-1-3-10-29/h1-5,9-11,14,18-23,27,36H,6-8,12-13,15-17,24-26,28H2,(H,45,46)(H,40,41,42,43). The number of ether oxygens (including phenoxy) is 1. The van der Waals surface area contributed by atoms with Crippen LogP contribution >= 0.6 is 0 Å². The van der Waals surface area contributed by atoms with Crippen LogP contribution in [0.2, 0.25) is 0 Å². The number of fused-ring (bicyclic) bond motifs is 1. The van der Waals surface area contributed by atoms with Gasteiger partial charge in [-0.2, -0.15) is 0 Å². The molecule has 0 saturated heterocycles. The van der Waals surface area contributed by atoms with Crippen molar-refractivity contribution in [2.24, 2.45) is 0 Å². The van der Waals surface area contributed by atoms with E-state index in [1.54, 1.807) is 6.07 Å². The molecule has 0 saturated carbocycles. The summed E-state index contributed by atoms with van der Waals surface area (Å²) in [5, 5.41) is 23.9. The molecule has 1 unspecified atom stereocenters. The van der Waals surface area contributed by atoms with Crippen LogP contribution in [-0.2, 0) is 38.7 Å². The molecule has 1 aliphatic carbocycles. The second kappa shape index (κ2) is 16.1. The molecule has 2 N–H and O–H groups in total. The zero-order valence-electron chi connectivity index (χ0n) is 26.9. The molecular weight excluding hydrogens is 586 g/mol. The van der Waals surface area contributed by atoms with E-state index in [0.717, 1.165) is 93.6 Å². The van der Waals surface area contributed by atoms with Crippen LogP contribution < -0.4 is 4.74 Å². The number of aryl methyl sites for hydroxylation is 4. The Labute approximate surface area is 276 Å². The smallest absolute Gasteiger partial charge is 0.335 e. The lowest BCUT2D eigenvalue weighted by atomic mass is 9.85. The Morgan fingerprint density at radius 1 is 0.830 bits per heavy atom. The Kier molecular flexibility index (Phi) is 11.0. The summed E-state index contributed by atoms with van der Waals surface area (Å²) in [5.74, 6) is 0.867. The Morgan fingerprint density at radius 2 is 1.60 bits per heavy atom. The van der Waals surface area contributed by atoms with Gasteiger partial charge in [-0.25, -0.2) is 9.89 Å². The Hall–Kier alpha value is -4.82.